The maximum atomic E-state index is 10.1. The Hall–Kier alpha value is -1.26. The Morgan fingerprint density at radius 3 is 2.75 bits per heavy atom. The van der Waals surface area contributed by atoms with Crippen LogP contribution in [-0.2, 0) is 4.74 Å². The van der Waals surface area contributed by atoms with Gasteiger partial charge in [-0.2, -0.15) is 0 Å². The monoisotopic (exact) mass is 344 g/mol. The fraction of sp³-hybridized carbons (Fsp3) is 0.455. The van der Waals surface area contributed by atoms with Gasteiger partial charge in [-0.15, -0.1) is 0 Å². The Morgan fingerprint density at radius 1 is 1.35 bits per heavy atom. The maximum Gasteiger partial charge on any atom is 0.165 e. The average molecular weight is 345 g/mol. The second kappa shape index (κ2) is 4.93. The first kappa shape index (κ1) is 13.7. The van der Waals surface area contributed by atoms with Crippen molar-refractivity contribution >= 4 is 32.8 Å². The standard InChI is InChI=1S/C11H13BrN4O4/c12-6-1-4-9(13)14-3-15-10(4)16(6)11-8(19)7(18)5(2-17)20-11/h1,3,5,7-8,11,17-19H,2H2,(H2,13,14,15)/t5-,7-,8-,11?/m1/s1. The van der Waals surface area contributed by atoms with Gasteiger partial charge >= 0.3 is 0 Å². The Morgan fingerprint density at radius 2 is 2.10 bits per heavy atom. The van der Waals surface area contributed by atoms with Crippen LogP contribution in [0.1, 0.15) is 6.23 Å². The molecule has 0 saturated carbocycles. The lowest BCUT2D eigenvalue weighted by molar-refractivity contribution is -0.0518. The lowest BCUT2D eigenvalue weighted by atomic mass is 10.1. The minimum Gasteiger partial charge on any atom is -0.394 e. The van der Waals surface area contributed by atoms with Crippen LogP contribution in [0, 0.1) is 0 Å². The van der Waals surface area contributed by atoms with Crippen LogP contribution >= 0.6 is 15.9 Å². The zero-order valence-corrected chi connectivity index (χ0v) is 11.8. The molecule has 3 rings (SSSR count). The van der Waals surface area contributed by atoms with Gasteiger partial charge in [-0.25, -0.2) is 9.97 Å². The normalized spacial score (nSPS) is 30.2. The highest BCUT2D eigenvalue weighted by Gasteiger charge is 2.44. The van der Waals surface area contributed by atoms with E-state index in [0.717, 1.165) is 0 Å². The highest BCUT2D eigenvalue weighted by atomic mass is 79.9. The average Bonchev–Trinajstić information content (AvgIpc) is 2.90. The number of ether oxygens (including phenoxy) is 1. The molecule has 0 aromatic carbocycles. The maximum absolute atomic E-state index is 10.1. The Kier molecular flexibility index (Phi) is 3.38. The topological polar surface area (TPSA) is 127 Å². The van der Waals surface area contributed by atoms with E-state index < -0.39 is 24.5 Å². The van der Waals surface area contributed by atoms with E-state index in [9.17, 15) is 10.2 Å². The van der Waals surface area contributed by atoms with Crippen molar-refractivity contribution in [3.05, 3.63) is 17.0 Å². The number of nitrogens with zero attached hydrogens (tertiary/aromatic N) is 3. The molecule has 5 N–H and O–H groups in total. The molecule has 1 aliphatic rings. The van der Waals surface area contributed by atoms with E-state index in [2.05, 4.69) is 25.9 Å². The largest absolute Gasteiger partial charge is 0.394 e. The SMILES string of the molecule is Nc1ncnc2c1cc(Br)n2C1O[C@H](CO)[C@@H](O)[C@H]1O. The molecule has 108 valence electrons. The fourth-order valence-electron chi connectivity index (χ4n) is 2.36. The number of fused-ring (bicyclic) bond motifs is 1. The van der Waals surface area contributed by atoms with E-state index in [1.807, 2.05) is 0 Å². The van der Waals surface area contributed by atoms with Gasteiger partial charge < -0.3 is 25.8 Å². The highest BCUT2D eigenvalue weighted by Crippen LogP contribution is 2.36. The molecule has 2 aromatic rings. The van der Waals surface area contributed by atoms with E-state index in [4.69, 9.17) is 15.6 Å². The lowest BCUT2D eigenvalue weighted by Gasteiger charge is -2.18. The van der Waals surface area contributed by atoms with Gasteiger partial charge in [0.25, 0.3) is 0 Å². The molecule has 1 fully saturated rings. The second-order valence-corrected chi connectivity index (χ2v) is 5.37. The Bertz CT molecular complexity index is 649. The van der Waals surface area contributed by atoms with Crippen LogP contribution in [0.15, 0.2) is 17.0 Å². The number of halogens is 1. The van der Waals surface area contributed by atoms with Crippen molar-refractivity contribution in [2.75, 3.05) is 12.3 Å². The summed E-state index contributed by atoms with van der Waals surface area (Å²) >= 11 is 3.35. The number of rotatable bonds is 2. The molecule has 9 heteroatoms. The van der Waals surface area contributed by atoms with Gasteiger partial charge in [0.1, 0.15) is 36.1 Å². The molecule has 0 bridgehead atoms. The zero-order valence-electron chi connectivity index (χ0n) is 10.2. The number of hydrogen-bond donors (Lipinski definition) is 4. The van der Waals surface area contributed by atoms with Gasteiger partial charge in [-0.05, 0) is 22.0 Å². The summed E-state index contributed by atoms with van der Waals surface area (Å²) in [5.41, 5.74) is 6.25. The van der Waals surface area contributed by atoms with E-state index >= 15 is 0 Å². The third kappa shape index (κ3) is 1.90. The molecule has 1 unspecified atom stereocenters. The zero-order chi connectivity index (χ0) is 14.4. The molecular formula is C11H13BrN4O4. The van der Waals surface area contributed by atoms with E-state index in [-0.39, 0.29) is 6.61 Å². The summed E-state index contributed by atoms with van der Waals surface area (Å²) in [5.74, 6) is 0.307. The van der Waals surface area contributed by atoms with Gasteiger partial charge in [0.05, 0.1) is 16.6 Å². The van der Waals surface area contributed by atoms with Crippen LogP contribution in [0.4, 0.5) is 5.82 Å². The summed E-state index contributed by atoms with van der Waals surface area (Å²) in [6, 6.07) is 1.71. The molecule has 3 heterocycles. The van der Waals surface area contributed by atoms with Gasteiger partial charge in [0, 0.05) is 0 Å². The van der Waals surface area contributed by atoms with Crippen LogP contribution in [-0.4, -0.2) is 54.8 Å². The summed E-state index contributed by atoms with van der Waals surface area (Å²) in [7, 11) is 0. The number of nitrogens with two attached hydrogens (primary N) is 1. The van der Waals surface area contributed by atoms with Gasteiger partial charge in [0.2, 0.25) is 0 Å². The summed E-state index contributed by atoms with van der Waals surface area (Å²) in [6.45, 7) is -0.386. The summed E-state index contributed by atoms with van der Waals surface area (Å²) in [5, 5.41) is 29.6. The molecule has 0 radical (unpaired) electrons. The Balaban J connectivity index is 2.11. The summed E-state index contributed by atoms with van der Waals surface area (Å²) < 4.78 is 7.63. The molecule has 0 amide bonds. The predicted octanol–water partition coefficient (Wildman–Crippen LogP) is -0.613. The van der Waals surface area contributed by atoms with Gasteiger partial charge in [-0.1, -0.05) is 0 Å². The van der Waals surface area contributed by atoms with Crippen molar-refractivity contribution in [1.82, 2.24) is 14.5 Å². The van der Waals surface area contributed by atoms with Gasteiger partial charge in [-0.3, -0.25) is 4.57 Å². The molecule has 4 atom stereocenters. The third-order valence-corrected chi connectivity index (χ3v) is 4.00. The predicted molar refractivity (Wildman–Crippen MR) is 72.6 cm³/mol. The molecule has 0 aliphatic carbocycles. The van der Waals surface area contributed by atoms with Crippen molar-refractivity contribution in [2.45, 2.75) is 24.5 Å². The first-order valence-electron chi connectivity index (χ1n) is 5.94. The van der Waals surface area contributed by atoms with Crippen LogP contribution in [0.3, 0.4) is 0 Å². The molecule has 2 aromatic heterocycles. The summed E-state index contributed by atoms with van der Waals surface area (Å²) in [4.78, 5) is 8.02. The molecule has 20 heavy (non-hydrogen) atoms. The minimum atomic E-state index is -1.18. The van der Waals surface area contributed by atoms with E-state index in [0.29, 0.717) is 21.5 Å². The molecular weight excluding hydrogens is 332 g/mol. The van der Waals surface area contributed by atoms with Crippen molar-refractivity contribution in [2.24, 2.45) is 0 Å². The van der Waals surface area contributed by atoms with Crippen LogP contribution in [0.25, 0.3) is 11.0 Å². The van der Waals surface area contributed by atoms with Crippen LogP contribution in [0.5, 0.6) is 0 Å². The number of anilines is 1. The first-order chi connectivity index (χ1) is 9.54. The molecule has 0 spiro atoms. The van der Waals surface area contributed by atoms with Crippen molar-refractivity contribution in [3.63, 3.8) is 0 Å². The molecule has 1 aliphatic heterocycles. The van der Waals surface area contributed by atoms with Crippen molar-refractivity contribution in [1.29, 1.82) is 0 Å². The van der Waals surface area contributed by atoms with Crippen molar-refractivity contribution in [3.8, 4) is 0 Å². The number of nitrogen functional groups attached to an aromatic ring is 1. The number of hydrogen-bond acceptors (Lipinski definition) is 7. The van der Waals surface area contributed by atoms with Crippen molar-refractivity contribution < 1.29 is 20.1 Å². The summed E-state index contributed by atoms with van der Waals surface area (Å²) in [6.07, 6.45) is -2.77. The third-order valence-electron chi connectivity index (χ3n) is 3.39. The Labute approximate surface area is 121 Å². The highest BCUT2D eigenvalue weighted by molar-refractivity contribution is 9.10. The quantitative estimate of drug-likeness (QED) is 0.572. The molecule has 8 nitrogen and oxygen atoms in total. The minimum absolute atomic E-state index is 0.307. The molecule has 1 saturated heterocycles. The van der Waals surface area contributed by atoms with E-state index in [1.54, 1.807) is 10.6 Å². The number of aromatic nitrogens is 3. The lowest BCUT2D eigenvalue weighted by Crippen LogP contribution is -2.33. The van der Waals surface area contributed by atoms with E-state index in [1.165, 1.54) is 6.33 Å². The smallest absolute Gasteiger partial charge is 0.165 e. The fourth-order valence-corrected chi connectivity index (χ4v) is 2.95. The van der Waals surface area contributed by atoms with Crippen LogP contribution < -0.4 is 5.73 Å². The number of aliphatic hydroxyl groups is 3. The van der Waals surface area contributed by atoms with Crippen LogP contribution in [0.2, 0.25) is 0 Å². The van der Waals surface area contributed by atoms with Gasteiger partial charge in [0.15, 0.2) is 6.23 Å². The first-order valence-corrected chi connectivity index (χ1v) is 6.73. The second-order valence-electron chi connectivity index (χ2n) is 4.56. The number of aliphatic hydroxyl groups excluding tert-OH is 3.